The number of terminal acetylenes is 1. The zero-order chi connectivity index (χ0) is 11.6. The molecule has 1 aliphatic heterocycles. The van der Waals surface area contributed by atoms with Gasteiger partial charge in [-0.25, -0.2) is 0 Å². The van der Waals surface area contributed by atoms with Crippen molar-refractivity contribution in [1.29, 1.82) is 0 Å². The molecular weight excluding hydrogens is 204 g/mol. The number of aliphatic hydroxyl groups is 5. The SMILES string of the molecule is C#CC[C@]1(O)O[C@H](CO)[C@H](O)[C@H](O)[C@H]1O. The fourth-order valence-corrected chi connectivity index (χ4v) is 1.51. The Labute approximate surface area is 86.7 Å². The summed E-state index contributed by atoms with van der Waals surface area (Å²) in [5, 5.41) is 46.7. The first kappa shape index (κ1) is 12.4. The monoisotopic (exact) mass is 218 g/mol. The van der Waals surface area contributed by atoms with E-state index in [1.807, 2.05) is 0 Å². The zero-order valence-electron chi connectivity index (χ0n) is 7.95. The highest BCUT2D eigenvalue weighted by atomic mass is 16.7. The average molecular weight is 218 g/mol. The largest absolute Gasteiger partial charge is 0.394 e. The molecule has 0 radical (unpaired) electrons. The highest BCUT2D eigenvalue weighted by Crippen LogP contribution is 2.30. The second-order valence-electron chi connectivity index (χ2n) is 3.49. The molecule has 0 aromatic carbocycles. The Morgan fingerprint density at radius 2 is 1.87 bits per heavy atom. The van der Waals surface area contributed by atoms with E-state index in [1.165, 1.54) is 0 Å². The number of hydrogen-bond donors (Lipinski definition) is 5. The van der Waals surface area contributed by atoms with E-state index in [-0.39, 0.29) is 6.42 Å². The van der Waals surface area contributed by atoms with Crippen LogP contribution in [0.3, 0.4) is 0 Å². The number of ether oxygens (including phenoxy) is 1. The van der Waals surface area contributed by atoms with Crippen LogP contribution in [0.15, 0.2) is 0 Å². The summed E-state index contributed by atoms with van der Waals surface area (Å²) < 4.78 is 4.86. The molecule has 0 bridgehead atoms. The average Bonchev–Trinajstić information content (AvgIpc) is 2.21. The van der Waals surface area contributed by atoms with Crippen molar-refractivity contribution in [3.05, 3.63) is 0 Å². The molecule has 0 saturated carbocycles. The van der Waals surface area contributed by atoms with Gasteiger partial charge in [0.15, 0.2) is 0 Å². The van der Waals surface area contributed by atoms with E-state index in [0.29, 0.717) is 0 Å². The van der Waals surface area contributed by atoms with Gasteiger partial charge in [0.1, 0.15) is 24.4 Å². The Kier molecular flexibility index (Phi) is 3.67. The molecule has 5 N–H and O–H groups in total. The normalized spacial score (nSPS) is 46.1. The molecule has 0 spiro atoms. The molecule has 0 unspecified atom stereocenters. The summed E-state index contributed by atoms with van der Waals surface area (Å²) in [5.74, 6) is -0.0591. The summed E-state index contributed by atoms with van der Waals surface area (Å²) in [4.78, 5) is 0. The number of hydrogen-bond acceptors (Lipinski definition) is 6. The lowest BCUT2D eigenvalue weighted by atomic mass is 9.91. The maximum absolute atomic E-state index is 9.73. The van der Waals surface area contributed by atoms with Gasteiger partial charge in [0.2, 0.25) is 5.79 Å². The molecule has 1 aliphatic rings. The summed E-state index contributed by atoms with van der Waals surface area (Å²) in [5.41, 5.74) is 0. The molecule has 0 aliphatic carbocycles. The van der Waals surface area contributed by atoms with Crippen LogP contribution in [-0.4, -0.2) is 62.3 Å². The minimum absolute atomic E-state index is 0.353. The zero-order valence-corrected chi connectivity index (χ0v) is 7.95. The first-order valence-corrected chi connectivity index (χ1v) is 4.45. The minimum Gasteiger partial charge on any atom is -0.394 e. The van der Waals surface area contributed by atoms with Crippen LogP contribution in [0.4, 0.5) is 0 Å². The Hall–Kier alpha value is -0.680. The topological polar surface area (TPSA) is 110 Å². The molecule has 1 fully saturated rings. The number of rotatable bonds is 2. The van der Waals surface area contributed by atoms with Crippen molar-refractivity contribution in [2.24, 2.45) is 0 Å². The van der Waals surface area contributed by atoms with Gasteiger partial charge < -0.3 is 30.3 Å². The second kappa shape index (κ2) is 4.45. The maximum atomic E-state index is 9.73. The third-order valence-corrected chi connectivity index (χ3v) is 2.41. The van der Waals surface area contributed by atoms with Gasteiger partial charge in [0, 0.05) is 0 Å². The molecule has 6 nitrogen and oxygen atoms in total. The second-order valence-corrected chi connectivity index (χ2v) is 3.49. The molecule has 1 heterocycles. The molecule has 0 amide bonds. The molecular formula is C9H14O6. The quantitative estimate of drug-likeness (QED) is 0.320. The van der Waals surface area contributed by atoms with Crippen molar-refractivity contribution in [3.63, 3.8) is 0 Å². The fraction of sp³-hybridized carbons (Fsp3) is 0.778. The number of aliphatic hydroxyl groups excluding tert-OH is 4. The van der Waals surface area contributed by atoms with Gasteiger partial charge in [-0.1, -0.05) is 0 Å². The van der Waals surface area contributed by atoms with Gasteiger partial charge in [-0.15, -0.1) is 12.3 Å². The van der Waals surface area contributed by atoms with E-state index in [0.717, 1.165) is 0 Å². The molecule has 86 valence electrons. The van der Waals surface area contributed by atoms with Crippen molar-refractivity contribution in [2.75, 3.05) is 6.61 Å². The highest BCUT2D eigenvalue weighted by Gasteiger charge is 2.52. The Bertz CT molecular complexity index is 260. The van der Waals surface area contributed by atoms with E-state index < -0.39 is 36.8 Å². The lowest BCUT2D eigenvalue weighted by Crippen LogP contribution is -2.65. The molecule has 6 heteroatoms. The van der Waals surface area contributed by atoms with E-state index >= 15 is 0 Å². The molecule has 0 aromatic rings. The van der Waals surface area contributed by atoms with E-state index in [4.69, 9.17) is 16.3 Å². The van der Waals surface area contributed by atoms with Crippen LogP contribution in [0.5, 0.6) is 0 Å². The summed E-state index contributed by atoms with van der Waals surface area (Å²) >= 11 is 0. The Morgan fingerprint density at radius 3 is 2.33 bits per heavy atom. The van der Waals surface area contributed by atoms with E-state index in [1.54, 1.807) is 0 Å². The highest BCUT2D eigenvalue weighted by molar-refractivity contribution is 5.02. The Morgan fingerprint density at radius 1 is 1.27 bits per heavy atom. The van der Waals surface area contributed by atoms with Crippen molar-refractivity contribution in [3.8, 4) is 12.3 Å². The molecule has 5 atom stereocenters. The summed E-state index contributed by atoms with van der Waals surface area (Å²) in [7, 11) is 0. The van der Waals surface area contributed by atoms with Crippen LogP contribution in [0.1, 0.15) is 6.42 Å². The predicted molar refractivity (Wildman–Crippen MR) is 48.4 cm³/mol. The summed E-state index contributed by atoms with van der Waals surface area (Å²) in [6.07, 6.45) is -1.37. The van der Waals surface area contributed by atoms with Crippen molar-refractivity contribution >= 4 is 0 Å². The van der Waals surface area contributed by atoms with Crippen LogP contribution < -0.4 is 0 Å². The van der Waals surface area contributed by atoms with Crippen LogP contribution >= 0.6 is 0 Å². The molecule has 1 saturated heterocycles. The first-order chi connectivity index (χ1) is 6.96. The van der Waals surface area contributed by atoms with E-state index in [9.17, 15) is 20.4 Å². The lowest BCUT2D eigenvalue weighted by Gasteiger charge is -2.44. The lowest BCUT2D eigenvalue weighted by molar-refractivity contribution is -0.346. The Balaban J connectivity index is 2.88. The van der Waals surface area contributed by atoms with Gasteiger partial charge in [0.25, 0.3) is 0 Å². The third-order valence-electron chi connectivity index (χ3n) is 2.41. The smallest absolute Gasteiger partial charge is 0.206 e. The van der Waals surface area contributed by atoms with Crippen molar-refractivity contribution in [2.45, 2.75) is 36.6 Å². The van der Waals surface area contributed by atoms with Crippen LogP contribution in [0.2, 0.25) is 0 Å². The van der Waals surface area contributed by atoms with Crippen LogP contribution in [0.25, 0.3) is 0 Å². The minimum atomic E-state index is -2.14. The van der Waals surface area contributed by atoms with Crippen LogP contribution in [-0.2, 0) is 4.74 Å². The van der Waals surface area contributed by atoms with Crippen molar-refractivity contribution < 1.29 is 30.3 Å². The molecule has 0 aromatic heterocycles. The van der Waals surface area contributed by atoms with Gasteiger partial charge in [0.05, 0.1) is 13.0 Å². The fourth-order valence-electron chi connectivity index (χ4n) is 1.51. The summed E-state index contributed by atoms with van der Waals surface area (Å²) in [6, 6.07) is 0. The van der Waals surface area contributed by atoms with E-state index in [2.05, 4.69) is 5.92 Å². The standard InChI is InChI=1S/C9H14O6/c1-2-3-9(14)8(13)7(12)6(11)5(4-10)15-9/h1,5-8,10-14H,3-4H2/t5-,6+,7+,8-,9+/m1/s1. The first-order valence-electron chi connectivity index (χ1n) is 4.45. The van der Waals surface area contributed by atoms with Gasteiger partial charge >= 0.3 is 0 Å². The van der Waals surface area contributed by atoms with Crippen molar-refractivity contribution in [1.82, 2.24) is 0 Å². The van der Waals surface area contributed by atoms with Gasteiger partial charge in [-0.2, -0.15) is 0 Å². The third kappa shape index (κ3) is 2.13. The maximum Gasteiger partial charge on any atom is 0.206 e. The summed E-state index contributed by atoms with van der Waals surface area (Å²) in [6.45, 7) is -0.599. The van der Waals surface area contributed by atoms with Gasteiger partial charge in [-0.3, -0.25) is 0 Å². The van der Waals surface area contributed by atoms with Gasteiger partial charge in [-0.05, 0) is 0 Å². The molecule has 1 rings (SSSR count). The molecule has 15 heavy (non-hydrogen) atoms. The predicted octanol–water partition coefficient (Wildman–Crippen LogP) is -2.83. The van der Waals surface area contributed by atoms with Crippen LogP contribution in [0, 0.1) is 12.3 Å².